The number of anilines is 1. The van der Waals surface area contributed by atoms with Crippen molar-refractivity contribution >= 4 is 27.3 Å². The van der Waals surface area contributed by atoms with Crippen molar-refractivity contribution in [3.63, 3.8) is 0 Å². The molecule has 90 valence electrons. The molecule has 0 aliphatic carbocycles. The summed E-state index contributed by atoms with van der Waals surface area (Å²) in [5.74, 6) is 0. The normalized spacial score (nSPS) is 9.06. The predicted molar refractivity (Wildman–Crippen MR) is 73.6 cm³/mol. The Balaban J connectivity index is 0.00000106. The van der Waals surface area contributed by atoms with E-state index in [2.05, 4.69) is 21.2 Å². The lowest BCUT2D eigenvalue weighted by molar-refractivity contribution is 0.307. The predicted octanol–water partition coefficient (Wildman–Crippen LogP) is 3.27. The first kappa shape index (κ1) is 15.1. The highest BCUT2D eigenvalue weighted by Gasteiger charge is 2.06. The molecule has 0 heterocycles. The van der Waals surface area contributed by atoms with Gasteiger partial charge in [-0.05, 0) is 18.2 Å². The summed E-state index contributed by atoms with van der Waals surface area (Å²) in [7, 11) is 1.82. The second-order valence-corrected chi connectivity index (χ2v) is 3.81. The number of aliphatic hydroxyl groups is 1. The molecule has 1 aromatic rings. The number of aliphatic hydroxyl groups excluding tert-OH is 1. The lowest BCUT2D eigenvalue weighted by Crippen LogP contribution is -2.05. The molecule has 0 saturated carbocycles. The molecule has 16 heavy (non-hydrogen) atoms. The molecule has 3 N–H and O–H groups in total. The summed E-state index contributed by atoms with van der Waals surface area (Å²) in [6, 6.07) is 5.68. The molecule has 0 fully saturated rings. The smallest absolute Gasteiger partial charge is 0.0486 e. The molecule has 0 amide bonds. The van der Waals surface area contributed by atoms with Crippen molar-refractivity contribution < 1.29 is 5.11 Å². The van der Waals surface area contributed by atoms with Gasteiger partial charge in [-0.3, -0.25) is 0 Å². The highest BCUT2D eigenvalue weighted by atomic mass is 79.9. The SMILES string of the molecule is CC.CNc1cc(Br)ccc1C(=N)CCO. The zero-order chi connectivity index (χ0) is 12.6. The summed E-state index contributed by atoms with van der Waals surface area (Å²) < 4.78 is 0.974. The van der Waals surface area contributed by atoms with E-state index in [-0.39, 0.29) is 6.61 Å². The Labute approximate surface area is 106 Å². The number of hydrogen-bond donors (Lipinski definition) is 3. The van der Waals surface area contributed by atoms with Gasteiger partial charge in [0.25, 0.3) is 0 Å². The summed E-state index contributed by atoms with van der Waals surface area (Å²) in [5, 5.41) is 19.5. The molecule has 1 rings (SSSR count). The summed E-state index contributed by atoms with van der Waals surface area (Å²) in [5.41, 5.74) is 2.19. The van der Waals surface area contributed by atoms with Gasteiger partial charge in [-0.1, -0.05) is 29.8 Å². The van der Waals surface area contributed by atoms with Crippen LogP contribution in [0.4, 0.5) is 5.69 Å². The highest BCUT2D eigenvalue weighted by Crippen LogP contribution is 2.22. The number of nitrogens with one attached hydrogen (secondary N) is 2. The fourth-order valence-electron chi connectivity index (χ4n) is 1.23. The summed E-state index contributed by atoms with van der Waals surface area (Å²) >= 11 is 3.37. The quantitative estimate of drug-likeness (QED) is 0.744. The molecule has 0 atom stereocenters. The third-order valence-corrected chi connectivity index (χ3v) is 2.43. The van der Waals surface area contributed by atoms with Gasteiger partial charge in [0.1, 0.15) is 0 Å². The van der Waals surface area contributed by atoms with E-state index in [1.807, 2.05) is 39.1 Å². The lowest BCUT2D eigenvalue weighted by Gasteiger charge is -2.09. The number of benzene rings is 1. The number of rotatable bonds is 4. The van der Waals surface area contributed by atoms with Crippen LogP contribution in [-0.4, -0.2) is 24.5 Å². The maximum absolute atomic E-state index is 8.75. The van der Waals surface area contributed by atoms with Crippen molar-refractivity contribution in [3.8, 4) is 0 Å². The maximum atomic E-state index is 8.75. The van der Waals surface area contributed by atoms with Gasteiger partial charge in [0.15, 0.2) is 0 Å². The number of hydrogen-bond acceptors (Lipinski definition) is 3. The average molecular weight is 287 g/mol. The standard InChI is InChI=1S/C10H13BrN2O.C2H6/c1-13-10-6-7(11)2-3-8(10)9(12)4-5-14;1-2/h2-3,6,12-14H,4-5H2,1H3;1-2H3. The fourth-order valence-corrected chi connectivity index (χ4v) is 1.59. The third kappa shape index (κ3) is 4.33. The Bertz CT molecular complexity index is 340. The van der Waals surface area contributed by atoms with Crippen LogP contribution in [0.3, 0.4) is 0 Å². The maximum Gasteiger partial charge on any atom is 0.0486 e. The molecule has 0 saturated heterocycles. The van der Waals surface area contributed by atoms with Crippen LogP contribution >= 0.6 is 15.9 Å². The minimum absolute atomic E-state index is 0.0120. The zero-order valence-corrected chi connectivity index (χ0v) is 11.6. The van der Waals surface area contributed by atoms with Gasteiger partial charge < -0.3 is 15.8 Å². The van der Waals surface area contributed by atoms with E-state index in [1.165, 1.54) is 0 Å². The van der Waals surface area contributed by atoms with E-state index >= 15 is 0 Å². The van der Waals surface area contributed by atoms with Crippen molar-refractivity contribution in [2.45, 2.75) is 20.3 Å². The molecule has 0 aromatic heterocycles. The van der Waals surface area contributed by atoms with Crippen LogP contribution in [0.15, 0.2) is 22.7 Å². The van der Waals surface area contributed by atoms with E-state index in [9.17, 15) is 0 Å². The van der Waals surface area contributed by atoms with Crippen molar-refractivity contribution in [2.24, 2.45) is 0 Å². The van der Waals surface area contributed by atoms with E-state index in [0.717, 1.165) is 15.7 Å². The van der Waals surface area contributed by atoms with E-state index in [4.69, 9.17) is 10.5 Å². The first-order valence-electron chi connectivity index (χ1n) is 5.35. The van der Waals surface area contributed by atoms with E-state index in [1.54, 1.807) is 0 Å². The van der Waals surface area contributed by atoms with Crippen LogP contribution in [-0.2, 0) is 0 Å². The fraction of sp³-hybridized carbons (Fsp3) is 0.417. The third-order valence-electron chi connectivity index (χ3n) is 1.94. The van der Waals surface area contributed by atoms with Crippen LogP contribution < -0.4 is 5.32 Å². The molecule has 0 unspecified atom stereocenters. The molecule has 4 heteroatoms. The summed E-state index contributed by atoms with van der Waals surface area (Å²) in [6.45, 7) is 4.01. The Morgan fingerprint density at radius 1 is 1.44 bits per heavy atom. The van der Waals surface area contributed by atoms with Gasteiger partial charge in [0, 0.05) is 41.5 Å². The topological polar surface area (TPSA) is 56.1 Å². The molecule has 0 bridgehead atoms. The van der Waals surface area contributed by atoms with Crippen molar-refractivity contribution in [2.75, 3.05) is 19.0 Å². The van der Waals surface area contributed by atoms with E-state index in [0.29, 0.717) is 12.1 Å². The minimum Gasteiger partial charge on any atom is -0.396 e. The van der Waals surface area contributed by atoms with Crippen LogP contribution in [0.2, 0.25) is 0 Å². The molecule has 0 aliphatic heterocycles. The van der Waals surface area contributed by atoms with Crippen LogP contribution in [0.5, 0.6) is 0 Å². The van der Waals surface area contributed by atoms with Gasteiger partial charge in [-0.15, -0.1) is 0 Å². The Hall–Kier alpha value is -0.870. The summed E-state index contributed by atoms with van der Waals surface area (Å²) in [6.07, 6.45) is 0.385. The monoisotopic (exact) mass is 286 g/mol. The van der Waals surface area contributed by atoms with Crippen molar-refractivity contribution in [1.82, 2.24) is 0 Å². The van der Waals surface area contributed by atoms with Gasteiger partial charge in [0.2, 0.25) is 0 Å². The lowest BCUT2D eigenvalue weighted by atomic mass is 10.1. The average Bonchev–Trinajstić information content (AvgIpc) is 2.31. The minimum atomic E-state index is 0.0120. The largest absolute Gasteiger partial charge is 0.396 e. The highest BCUT2D eigenvalue weighted by molar-refractivity contribution is 9.10. The van der Waals surface area contributed by atoms with Gasteiger partial charge >= 0.3 is 0 Å². The molecule has 0 aliphatic rings. The Morgan fingerprint density at radius 3 is 2.56 bits per heavy atom. The molecule has 1 aromatic carbocycles. The van der Waals surface area contributed by atoms with E-state index < -0.39 is 0 Å². The molecular formula is C12H19BrN2O. The first-order chi connectivity index (χ1) is 7.69. The van der Waals surface area contributed by atoms with Crippen LogP contribution in [0.1, 0.15) is 25.8 Å². The second-order valence-electron chi connectivity index (χ2n) is 2.89. The van der Waals surface area contributed by atoms with Crippen LogP contribution in [0.25, 0.3) is 0 Å². The Kier molecular flexibility index (Phi) is 7.85. The van der Waals surface area contributed by atoms with Gasteiger partial charge in [-0.25, -0.2) is 0 Å². The van der Waals surface area contributed by atoms with Gasteiger partial charge in [-0.2, -0.15) is 0 Å². The molecular weight excluding hydrogens is 268 g/mol. The molecule has 0 radical (unpaired) electrons. The van der Waals surface area contributed by atoms with Crippen molar-refractivity contribution in [1.29, 1.82) is 5.41 Å². The summed E-state index contributed by atoms with van der Waals surface area (Å²) in [4.78, 5) is 0. The van der Waals surface area contributed by atoms with Gasteiger partial charge in [0.05, 0.1) is 0 Å². The van der Waals surface area contributed by atoms with Crippen LogP contribution in [0, 0.1) is 5.41 Å². The Morgan fingerprint density at radius 2 is 2.06 bits per heavy atom. The van der Waals surface area contributed by atoms with Crippen molar-refractivity contribution in [3.05, 3.63) is 28.2 Å². The molecule has 0 spiro atoms. The first-order valence-corrected chi connectivity index (χ1v) is 6.14. The number of halogens is 1. The second kappa shape index (κ2) is 8.30. The molecule has 3 nitrogen and oxygen atoms in total. The zero-order valence-electron chi connectivity index (χ0n) is 9.97.